The molecule has 0 N–H and O–H groups in total. The third-order valence-corrected chi connectivity index (χ3v) is 8.63. The van der Waals surface area contributed by atoms with E-state index in [1.54, 1.807) is 26.2 Å². The van der Waals surface area contributed by atoms with Gasteiger partial charge in [-0.15, -0.1) is 0 Å². The third kappa shape index (κ3) is 5.56. The molecule has 0 aromatic heterocycles. The molecule has 2 aromatic rings. The molecule has 1 aliphatic rings. The molecule has 0 saturated carbocycles. The summed E-state index contributed by atoms with van der Waals surface area (Å²) in [5, 5.41) is 0. The minimum Gasteiger partial charge on any atom is -0.493 e. The number of benzene rings is 2. The number of sulfonamides is 1. The van der Waals surface area contributed by atoms with Gasteiger partial charge in [-0.1, -0.05) is 17.7 Å². The van der Waals surface area contributed by atoms with Gasteiger partial charge in [-0.25, -0.2) is 8.42 Å². The van der Waals surface area contributed by atoms with Gasteiger partial charge in [0, 0.05) is 26.7 Å². The van der Waals surface area contributed by atoms with Crippen LogP contribution in [0.25, 0.3) is 0 Å². The summed E-state index contributed by atoms with van der Waals surface area (Å²) in [4.78, 5) is 15.3. The molecule has 8 nitrogen and oxygen atoms in total. The number of piperidine rings is 1. The van der Waals surface area contributed by atoms with Gasteiger partial charge in [0.25, 0.3) is 0 Å². The van der Waals surface area contributed by atoms with Crippen molar-refractivity contribution in [2.45, 2.75) is 45.1 Å². The lowest BCUT2D eigenvalue weighted by molar-refractivity contribution is -0.135. The number of ether oxygens (including phenoxy) is 3. The van der Waals surface area contributed by atoms with Gasteiger partial charge < -0.3 is 19.1 Å². The van der Waals surface area contributed by atoms with Crippen LogP contribution in [-0.4, -0.2) is 65.0 Å². The number of hydrogen-bond acceptors (Lipinski definition) is 6. The van der Waals surface area contributed by atoms with Crippen LogP contribution in [0.1, 0.15) is 35.1 Å². The van der Waals surface area contributed by atoms with Crippen molar-refractivity contribution in [1.82, 2.24) is 9.21 Å². The lowest BCUT2D eigenvalue weighted by atomic mass is 9.98. The number of hydrogen-bond donors (Lipinski definition) is 0. The van der Waals surface area contributed by atoms with Crippen molar-refractivity contribution in [1.29, 1.82) is 0 Å². The lowest BCUT2D eigenvalue weighted by Gasteiger charge is -2.34. The predicted octanol–water partition coefficient (Wildman–Crippen LogP) is 3.70. The normalized spacial score (nSPS) is 16.6. The molecule has 1 atom stereocenters. The largest absolute Gasteiger partial charge is 0.493 e. The Labute approximate surface area is 208 Å². The summed E-state index contributed by atoms with van der Waals surface area (Å²) in [7, 11) is 2.66. The van der Waals surface area contributed by atoms with Gasteiger partial charge in [-0.05, 0) is 62.4 Å². The van der Waals surface area contributed by atoms with Crippen LogP contribution in [0, 0.1) is 26.7 Å². The highest BCUT2D eigenvalue weighted by Crippen LogP contribution is 2.38. The summed E-state index contributed by atoms with van der Waals surface area (Å²) in [6, 6.07) is 7.40. The quantitative estimate of drug-likeness (QED) is 0.545. The van der Waals surface area contributed by atoms with E-state index in [4.69, 9.17) is 14.2 Å². The standard InChI is InChI=1S/C26H36N2O6S/c1-17-11-18(2)25(19(3)12-17)35(30,31)28-10-8-9-21(16-28)26(29)27(4)15-20-13-22(32-5)24(34-7)23(14-20)33-6/h11-14,21H,8-10,15-16H2,1-7H3/t21-/m1/s1. The maximum absolute atomic E-state index is 13.5. The zero-order valence-corrected chi connectivity index (χ0v) is 22.5. The Bertz CT molecular complexity index is 1150. The average molecular weight is 505 g/mol. The van der Waals surface area contributed by atoms with Crippen LogP contribution in [0.5, 0.6) is 17.2 Å². The van der Waals surface area contributed by atoms with Crippen molar-refractivity contribution < 1.29 is 27.4 Å². The van der Waals surface area contributed by atoms with E-state index in [0.29, 0.717) is 48.1 Å². The van der Waals surface area contributed by atoms with E-state index in [2.05, 4.69) is 0 Å². The molecule has 0 radical (unpaired) electrons. The molecule has 2 aromatic carbocycles. The zero-order chi connectivity index (χ0) is 25.9. The van der Waals surface area contributed by atoms with Crippen LogP contribution in [0.4, 0.5) is 0 Å². The van der Waals surface area contributed by atoms with Gasteiger partial charge >= 0.3 is 0 Å². The summed E-state index contributed by atoms with van der Waals surface area (Å²) in [6.07, 6.45) is 1.29. The first-order valence-electron chi connectivity index (χ1n) is 11.6. The summed E-state index contributed by atoms with van der Waals surface area (Å²) < 4.78 is 44.7. The Morgan fingerprint density at radius 1 is 1.00 bits per heavy atom. The van der Waals surface area contributed by atoms with Gasteiger partial charge in [0.15, 0.2) is 11.5 Å². The van der Waals surface area contributed by atoms with Gasteiger partial charge in [-0.2, -0.15) is 4.31 Å². The number of carbonyl (C=O) groups is 1. The first-order chi connectivity index (χ1) is 16.5. The van der Waals surface area contributed by atoms with Gasteiger partial charge in [0.2, 0.25) is 21.7 Å². The molecule has 1 aliphatic heterocycles. The number of rotatable bonds is 8. The molecular formula is C26H36N2O6S. The second-order valence-corrected chi connectivity index (χ2v) is 11.0. The van der Waals surface area contributed by atoms with Gasteiger partial charge in [-0.3, -0.25) is 4.79 Å². The number of methoxy groups -OCH3 is 3. The Morgan fingerprint density at radius 3 is 2.09 bits per heavy atom. The summed E-state index contributed by atoms with van der Waals surface area (Å²) in [5.41, 5.74) is 3.31. The van der Waals surface area contributed by atoms with Crippen molar-refractivity contribution in [3.8, 4) is 17.2 Å². The number of aryl methyl sites for hydroxylation is 3. The van der Waals surface area contributed by atoms with Crippen LogP contribution in [-0.2, 0) is 21.4 Å². The Kier molecular flexibility index (Phi) is 8.33. The van der Waals surface area contributed by atoms with E-state index in [-0.39, 0.29) is 12.5 Å². The van der Waals surface area contributed by atoms with E-state index in [9.17, 15) is 13.2 Å². The molecule has 192 valence electrons. The lowest BCUT2D eigenvalue weighted by Crippen LogP contribution is -2.45. The smallest absolute Gasteiger partial charge is 0.243 e. The summed E-state index contributed by atoms with van der Waals surface area (Å²) >= 11 is 0. The molecule has 1 fully saturated rings. The molecule has 35 heavy (non-hydrogen) atoms. The van der Waals surface area contributed by atoms with Gasteiger partial charge in [0.1, 0.15) is 0 Å². The second-order valence-electron chi connectivity index (χ2n) is 9.16. The molecule has 0 bridgehead atoms. The molecule has 0 spiro atoms. The highest BCUT2D eigenvalue weighted by atomic mass is 32.2. The maximum atomic E-state index is 13.5. The van der Waals surface area contributed by atoms with Gasteiger partial charge in [0.05, 0.1) is 32.1 Å². The number of amides is 1. The Balaban J connectivity index is 1.79. The zero-order valence-electron chi connectivity index (χ0n) is 21.7. The first kappa shape index (κ1) is 26.8. The van der Waals surface area contributed by atoms with Crippen molar-refractivity contribution >= 4 is 15.9 Å². The molecule has 1 amide bonds. The fourth-order valence-electron chi connectivity index (χ4n) is 4.96. The van der Waals surface area contributed by atoms with Crippen molar-refractivity contribution in [3.05, 3.63) is 46.5 Å². The van der Waals surface area contributed by atoms with Crippen LogP contribution in [0.2, 0.25) is 0 Å². The molecule has 0 aliphatic carbocycles. The van der Waals surface area contributed by atoms with Crippen LogP contribution < -0.4 is 14.2 Å². The number of carbonyl (C=O) groups excluding carboxylic acids is 1. The Hall–Kier alpha value is -2.78. The average Bonchev–Trinajstić information content (AvgIpc) is 2.82. The fourth-order valence-corrected chi connectivity index (χ4v) is 6.89. The molecular weight excluding hydrogens is 468 g/mol. The predicted molar refractivity (Wildman–Crippen MR) is 135 cm³/mol. The van der Waals surface area contributed by atoms with E-state index in [1.807, 2.05) is 45.0 Å². The van der Waals surface area contributed by atoms with E-state index < -0.39 is 15.9 Å². The molecule has 0 unspecified atom stereocenters. The summed E-state index contributed by atoms with van der Waals surface area (Å²) in [5.74, 6) is 1.03. The highest BCUT2D eigenvalue weighted by molar-refractivity contribution is 7.89. The molecule has 9 heteroatoms. The highest BCUT2D eigenvalue weighted by Gasteiger charge is 2.36. The Morgan fingerprint density at radius 2 is 1.57 bits per heavy atom. The van der Waals surface area contributed by atoms with Crippen molar-refractivity contribution in [2.75, 3.05) is 41.5 Å². The molecule has 1 saturated heterocycles. The van der Waals surface area contributed by atoms with Crippen LogP contribution in [0.15, 0.2) is 29.2 Å². The topological polar surface area (TPSA) is 85.4 Å². The minimum atomic E-state index is -3.70. The SMILES string of the molecule is COc1cc(CN(C)C(=O)[C@@H]2CCCN(S(=O)(=O)c3c(C)cc(C)cc3C)C2)cc(OC)c1OC. The fraction of sp³-hybridized carbons (Fsp3) is 0.500. The van der Waals surface area contributed by atoms with E-state index >= 15 is 0 Å². The monoisotopic (exact) mass is 504 g/mol. The van der Waals surface area contributed by atoms with E-state index in [1.165, 1.54) is 11.4 Å². The number of nitrogens with zero attached hydrogens (tertiary/aromatic N) is 2. The van der Waals surface area contributed by atoms with Crippen molar-refractivity contribution in [2.24, 2.45) is 5.92 Å². The van der Waals surface area contributed by atoms with Crippen LogP contribution >= 0.6 is 0 Å². The van der Waals surface area contributed by atoms with E-state index in [0.717, 1.165) is 22.3 Å². The second kappa shape index (κ2) is 10.9. The molecule has 3 rings (SSSR count). The summed E-state index contributed by atoms with van der Waals surface area (Å²) in [6.45, 7) is 6.52. The van der Waals surface area contributed by atoms with Crippen molar-refractivity contribution in [3.63, 3.8) is 0 Å². The first-order valence-corrected chi connectivity index (χ1v) is 13.1. The molecule has 1 heterocycles. The third-order valence-electron chi connectivity index (χ3n) is 6.46. The minimum absolute atomic E-state index is 0.0870. The van der Waals surface area contributed by atoms with Crippen LogP contribution in [0.3, 0.4) is 0 Å². The maximum Gasteiger partial charge on any atom is 0.243 e.